The molecule has 6 heteroatoms. The number of furan rings is 1. The average molecular weight is 342 g/mol. The zero-order valence-corrected chi connectivity index (χ0v) is 14.6. The number of benzene rings is 1. The van der Waals surface area contributed by atoms with Gasteiger partial charge in [0.1, 0.15) is 11.5 Å². The van der Waals surface area contributed by atoms with Crippen molar-refractivity contribution in [2.24, 2.45) is 5.41 Å². The normalized spacial score (nSPS) is 19.9. The van der Waals surface area contributed by atoms with Crippen LogP contribution in [-0.4, -0.2) is 35.1 Å². The number of aliphatic carboxylic acids is 1. The number of nitrogens with one attached hydrogen (secondary N) is 1. The van der Waals surface area contributed by atoms with Crippen LogP contribution >= 0.6 is 0 Å². The van der Waals surface area contributed by atoms with Crippen LogP contribution in [0.3, 0.4) is 0 Å². The lowest BCUT2D eigenvalue weighted by atomic mass is 9.90. The van der Waals surface area contributed by atoms with Gasteiger partial charge in [-0.15, -0.1) is 0 Å². The molecule has 3 rings (SSSR count). The van der Waals surface area contributed by atoms with Crippen molar-refractivity contribution in [3.05, 3.63) is 41.7 Å². The summed E-state index contributed by atoms with van der Waals surface area (Å²) in [6.07, 6.45) is 0.459. The van der Waals surface area contributed by atoms with E-state index in [1.807, 2.05) is 44.2 Å². The van der Waals surface area contributed by atoms with Gasteiger partial charge < -0.3 is 19.7 Å². The number of hydrogen-bond acceptors (Lipinski definition) is 3. The van der Waals surface area contributed by atoms with Crippen molar-refractivity contribution in [1.29, 1.82) is 0 Å². The molecule has 25 heavy (non-hydrogen) atoms. The van der Waals surface area contributed by atoms with Crippen molar-refractivity contribution in [2.45, 2.75) is 27.2 Å². The Morgan fingerprint density at radius 2 is 2.00 bits per heavy atom. The molecule has 1 saturated heterocycles. The largest absolute Gasteiger partial charge is 0.481 e. The van der Waals surface area contributed by atoms with Crippen molar-refractivity contribution in [3.63, 3.8) is 0 Å². The Bertz CT molecular complexity index is 827. The van der Waals surface area contributed by atoms with Crippen LogP contribution < -0.4 is 5.32 Å². The lowest BCUT2D eigenvalue weighted by Crippen LogP contribution is -2.37. The maximum absolute atomic E-state index is 12.5. The second kappa shape index (κ2) is 6.27. The topological polar surface area (TPSA) is 82.8 Å². The van der Waals surface area contributed by atoms with E-state index in [1.165, 1.54) is 0 Å². The first kappa shape index (κ1) is 17.1. The van der Waals surface area contributed by atoms with Crippen molar-refractivity contribution < 1.29 is 19.1 Å². The van der Waals surface area contributed by atoms with Gasteiger partial charge in [0.05, 0.1) is 5.41 Å². The number of carboxylic acids is 1. The van der Waals surface area contributed by atoms with Gasteiger partial charge in [-0.1, -0.05) is 12.1 Å². The number of rotatable bonds is 3. The number of carbonyl (C=O) groups is 2. The van der Waals surface area contributed by atoms with Crippen molar-refractivity contribution in [1.82, 2.24) is 4.90 Å². The molecule has 2 heterocycles. The summed E-state index contributed by atoms with van der Waals surface area (Å²) in [7, 11) is 0. The molecule has 2 N–H and O–H groups in total. The molecule has 1 aromatic heterocycles. The minimum absolute atomic E-state index is 0.213. The fraction of sp³-hybridized carbons (Fsp3) is 0.368. The van der Waals surface area contributed by atoms with Crippen LogP contribution in [0.1, 0.15) is 24.7 Å². The molecule has 1 fully saturated rings. The summed E-state index contributed by atoms with van der Waals surface area (Å²) in [5, 5.41) is 12.2. The summed E-state index contributed by atoms with van der Waals surface area (Å²) in [6, 6.07) is 9.25. The van der Waals surface area contributed by atoms with Gasteiger partial charge in [-0.25, -0.2) is 4.79 Å². The number of amides is 2. The second-order valence-electron chi connectivity index (χ2n) is 6.91. The van der Waals surface area contributed by atoms with Gasteiger partial charge in [-0.3, -0.25) is 4.79 Å². The molecule has 0 saturated carbocycles. The minimum atomic E-state index is -0.875. The smallest absolute Gasteiger partial charge is 0.321 e. The highest BCUT2D eigenvalue weighted by Gasteiger charge is 2.42. The maximum atomic E-state index is 12.5. The molecule has 0 radical (unpaired) electrons. The number of likely N-dealkylation sites (tertiary alicyclic amines) is 1. The van der Waals surface area contributed by atoms with E-state index in [2.05, 4.69) is 5.32 Å². The van der Waals surface area contributed by atoms with Crippen molar-refractivity contribution >= 4 is 17.7 Å². The van der Waals surface area contributed by atoms with Gasteiger partial charge in [0, 0.05) is 24.3 Å². The molecule has 1 aromatic carbocycles. The quantitative estimate of drug-likeness (QED) is 0.886. The lowest BCUT2D eigenvalue weighted by molar-refractivity contribution is -0.146. The van der Waals surface area contributed by atoms with E-state index in [0.29, 0.717) is 18.7 Å². The fourth-order valence-corrected chi connectivity index (χ4v) is 3.00. The van der Waals surface area contributed by atoms with Gasteiger partial charge in [0.15, 0.2) is 0 Å². The molecule has 2 amide bonds. The molecule has 1 aliphatic heterocycles. The predicted molar refractivity (Wildman–Crippen MR) is 94.6 cm³/mol. The Morgan fingerprint density at radius 1 is 1.24 bits per heavy atom. The number of hydrogen-bond donors (Lipinski definition) is 2. The van der Waals surface area contributed by atoms with Gasteiger partial charge in [0.2, 0.25) is 0 Å². The zero-order chi connectivity index (χ0) is 18.2. The molecule has 1 aliphatic rings. The minimum Gasteiger partial charge on any atom is -0.481 e. The Kier molecular flexibility index (Phi) is 4.29. The Labute approximate surface area is 146 Å². The first-order chi connectivity index (χ1) is 11.8. The van der Waals surface area contributed by atoms with E-state index < -0.39 is 11.4 Å². The average Bonchev–Trinajstić information content (AvgIpc) is 3.17. The summed E-state index contributed by atoms with van der Waals surface area (Å²) in [6.45, 7) is 6.12. The Balaban J connectivity index is 1.77. The number of urea groups is 1. The number of carbonyl (C=O) groups excluding carboxylic acids is 1. The standard InChI is InChI=1S/C19H22N2O4/c1-12-4-6-14(16-7-5-13(2)25-16)10-15(12)20-18(24)21-9-8-19(3,11-21)17(22)23/h4-7,10H,8-9,11H2,1-3H3,(H,20,24)(H,22,23). The number of carboxylic acid groups (broad SMARTS) is 1. The number of anilines is 1. The molecule has 2 aromatic rings. The van der Waals surface area contributed by atoms with Crippen LogP contribution in [-0.2, 0) is 4.79 Å². The Hall–Kier alpha value is -2.76. The third-order valence-electron chi connectivity index (χ3n) is 4.78. The second-order valence-corrected chi connectivity index (χ2v) is 6.91. The summed E-state index contributed by atoms with van der Waals surface area (Å²) in [5.41, 5.74) is 1.63. The summed E-state index contributed by atoms with van der Waals surface area (Å²) >= 11 is 0. The molecule has 6 nitrogen and oxygen atoms in total. The number of aryl methyl sites for hydroxylation is 2. The highest BCUT2D eigenvalue weighted by atomic mass is 16.4. The molecular weight excluding hydrogens is 320 g/mol. The first-order valence-corrected chi connectivity index (χ1v) is 8.25. The SMILES string of the molecule is Cc1ccc(-c2ccc(C)c(NC(=O)N3CCC(C)(C(=O)O)C3)c2)o1. The van der Waals surface area contributed by atoms with Crippen LogP contribution in [0.25, 0.3) is 11.3 Å². The van der Waals surface area contributed by atoms with Gasteiger partial charge in [0.25, 0.3) is 0 Å². The van der Waals surface area contributed by atoms with E-state index in [9.17, 15) is 14.7 Å². The van der Waals surface area contributed by atoms with E-state index in [-0.39, 0.29) is 12.6 Å². The summed E-state index contributed by atoms with van der Waals surface area (Å²) in [5.74, 6) is 0.702. The van der Waals surface area contributed by atoms with E-state index >= 15 is 0 Å². The number of nitrogens with zero attached hydrogens (tertiary/aromatic N) is 1. The first-order valence-electron chi connectivity index (χ1n) is 8.25. The highest BCUT2D eigenvalue weighted by Crippen LogP contribution is 2.31. The van der Waals surface area contributed by atoms with Crippen LogP contribution in [0, 0.1) is 19.3 Å². The molecule has 1 unspecified atom stereocenters. The van der Waals surface area contributed by atoms with Crippen LogP contribution in [0.5, 0.6) is 0 Å². The third-order valence-corrected chi connectivity index (χ3v) is 4.78. The third kappa shape index (κ3) is 3.38. The lowest BCUT2D eigenvalue weighted by Gasteiger charge is -2.21. The van der Waals surface area contributed by atoms with Crippen LogP contribution in [0.4, 0.5) is 10.5 Å². The fourth-order valence-electron chi connectivity index (χ4n) is 3.00. The molecule has 1 atom stereocenters. The van der Waals surface area contributed by atoms with Gasteiger partial charge in [-0.2, -0.15) is 0 Å². The molecule has 0 aliphatic carbocycles. The predicted octanol–water partition coefficient (Wildman–Crippen LogP) is 3.89. The van der Waals surface area contributed by atoms with Gasteiger partial charge in [-0.05, 0) is 51.0 Å². The van der Waals surface area contributed by atoms with E-state index in [4.69, 9.17) is 4.42 Å². The molecule has 0 spiro atoms. The van der Waals surface area contributed by atoms with Crippen molar-refractivity contribution in [3.8, 4) is 11.3 Å². The van der Waals surface area contributed by atoms with Gasteiger partial charge >= 0.3 is 12.0 Å². The summed E-state index contributed by atoms with van der Waals surface area (Å²) < 4.78 is 5.63. The molecule has 132 valence electrons. The Morgan fingerprint density at radius 3 is 2.60 bits per heavy atom. The van der Waals surface area contributed by atoms with E-state index in [0.717, 1.165) is 22.6 Å². The maximum Gasteiger partial charge on any atom is 0.321 e. The highest BCUT2D eigenvalue weighted by molar-refractivity contribution is 5.92. The monoisotopic (exact) mass is 342 g/mol. The van der Waals surface area contributed by atoms with Crippen LogP contribution in [0.15, 0.2) is 34.7 Å². The molecule has 0 bridgehead atoms. The van der Waals surface area contributed by atoms with E-state index in [1.54, 1.807) is 11.8 Å². The molecular formula is C19H22N2O4. The van der Waals surface area contributed by atoms with Crippen LogP contribution in [0.2, 0.25) is 0 Å². The zero-order valence-electron chi connectivity index (χ0n) is 14.6. The van der Waals surface area contributed by atoms with Crippen molar-refractivity contribution in [2.75, 3.05) is 18.4 Å². The summed E-state index contributed by atoms with van der Waals surface area (Å²) in [4.78, 5) is 25.4.